The zero-order chi connectivity index (χ0) is 31.6. The summed E-state index contributed by atoms with van der Waals surface area (Å²) >= 11 is 0. The molecule has 0 bridgehead atoms. The molecule has 7 atom stereocenters. The highest BCUT2D eigenvalue weighted by molar-refractivity contribution is 5.52. The van der Waals surface area contributed by atoms with Crippen LogP contribution in [0.4, 0.5) is 0 Å². The molecule has 6 N–H and O–H groups in total. The maximum absolute atomic E-state index is 11.3. The molecule has 0 aliphatic heterocycles. The molecule has 0 amide bonds. The first-order valence-electron chi connectivity index (χ1n) is 13.6. The molecule has 2 aromatic carbocycles. The molecule has 0 saturated heterocycles. The maximum Gasteiger partial charge on any atom is 0.164 e. The van der Waals surface area contributed by atoms with Crippen LogP contribution in [0, 0.1) is 11.8 Å². The fourth-order valence-corrected chi connectivity index (χ4v) is 5.12. The van der Waals surface area contributed by atoms with Crippen molar-refractivity contribution in [3.63, 3.8) is 0 Å². The van der Waals surface area contributed by atoms with Crippen molar-refractivity contribution in [3.8, 4) is 34.5 Å². The Morgan fingerprint density at radius 3 is 1.31 bits per heavy atom. The van der Waals surface area contributed by atoms with Gasteiger partial charge < -0.3 is 59.1 Å². The van der Waals surface area contributed by atoms with E-state index >= 15 is 0 Å². The van der Waals surface area contributed by atoms with E-state index in [2.05, 4.69) is 0 Å². The zero-order valence-electron chi connectivity index (χ0n) is 25.3. The van der Waals surface area contributed by atoms with E-state index in [1.807, 2.05) is 13.0 Å². The molecule has 0 aliphatic carbocycles. The molecule has 238 valence electrons. The molecule has 0 saturated carbocycles. The van der Waals surface area contributed by atoms with Gasteiger partial charge in [-0.25, -0.2) is 0 Å². The van der Waals surface area contributed by atoms with Gasteiger partial charge in [0.2, 0.25) is 0 Å². The number of aliphatic hydroxyl groups excluding tert-OH is 6. The average molecular weight is 599 g/mol. The molecule has 2 rings (SSSR count). The number of aliphatic hydroxyl groups is 6. The predicted octanol–water partition coefficient (Wildman–Crippen LogP) is 0.963. The summed E-state index contributed by atoms with van der Waals surface area (Å²) in [7, 11) is 9.10. The highest BCUT2D eigenvalue weighted by Gasteiger charge is 2.38. The summed E-state index contributed by atoms with van der Waals surface area (Å²) in [6.07, 6.45) is -7.89. The Labute approximate surface area is 247 Å². The van der Waals surface area contributed by atoms with Crippen molar-refractivity contribution >= 4 is 0 Å². The second-order valence-corrected chi connectivity index (χ2v) is 10.3. The van der Waals surface area contributed by atoms with Crippen LogP contribution in [-0.4, -0.2) is 110 Å². The van der Waals surface area contributed by atoms with Crippen LogP contribution in [0.25, 0.3) is 0 Å². The summed E-state index contributed by atoms with van der Waals surface area (Å²) in [6, 6.07) is 6.92. The lowest BCUT2D eigenvalue weighted by Gasteiger charge is -2.34. The molecule has 12 nitrogen and oxygen atoms in total. The number of rotatable bonds is 18. The van der Waals surface area contributed by atoms with Crippen LogP contribution in [0.3, 0.4) is 0 Å². The lowest BCUT2D eigenvalue weighted by atomic mass is 9.80. The van der Waals surface area contributed by atoms with Crippen molar-refractivity contribution in [1.82, 2.24) is 0 Å². The summed E-state index contributed by atoms with van der Waals surface area (Å²) < 4.78 is 32.8. The fraction of sp³-hybridized carbons (Fsp3) is 0.600. The monoisotopic (exact) mass is 598 g/mol. The van der Waals surface area contributed by atoms with Gasteiger partial charge in [0.05, 0.1) is 55.4 Å². The Morgan fingerprint density at radius 2 is 0.905 bits per heavy atom. The molecule has 0 fully saturated rings. The van der Waals surface area contributed by atoms with Crippen molar-refractivity contribution < 1.29 is 59.1 Å². The van der Waals surface area contributed by atoms with Crippen LogP contribution < -0.4 is 28.4 Å². The molecule has 0 aliphatic rings. The minimum atomic E-state index is -1.93. The minimum absolute atomic E-state index is 0.0971. The average Bonchev–Trinajstić information content (AvgIpc) is 3.01. The first-order valence-corrected chi connectivity index (χ1v) is 13.6. The molecule has 12 heteroatoms. The van der Waals surface area contributed by atoms with Crippen LogP contribution in [0.15, 0.2) is 24.3 Å². The lowest BCUT2D eigenvalue weighted by Crippen LogP contribution is -2.52. The van der Waals surface area contributed by atoms with Gasteiger partial charge in [-0.3, -0.25) is 0 Å². The van der Waals surface area contributed by atoms with E-state index in [1.54, 1.807) is 25.3 Å². The summed E-state index contributed by atoms with van der Waals surface area (Å²) in [5.74, 6) is 2.20. The molecule has 0 spiro atoms. The fourth-order valence-electron chi connectivity index (χ4n) is 5.12. The maximum atomic E-state index is 11.3. The van der Waals surface area contributed by atoms with Gasteiger partial charge in [0.1, 0.15) is 35.9 Å². The Morgan fingerprint density at radius 1 is 0.524 bits per heavy atom. The minimum Gasteiger partial charge on any atom is -0.496 e. The van der Waals surface area contributed by atoms with E-state index < -0.39 is 43.0 Å². The van der Waals surface area contributed by atoms with Crippen LogP contribution >= 0.6 is 0 Å². The van der Waals surface area contributed by atoms with Crippen LogP contribution in [0.1, 0.15) is 24.5 Å². The summed E-state index contributed by atoms with van der Waals surface area (Å²) in [4.78, 5) is 0. The summed E-state index contributed by atoms with van der Waals surface area (Å²) in [6.45, 7) is 1.13. The van der Waals surface area contributed by atoms with Gasteiger partial charge in [-0.1, -0.05) is 6.92 Å². The highest BCUT2D eigenvalue weighted by atomic mass is 16.5. The SMILES string of the molecule is COc1cc(OC)c(OC)cc1CC(C)CC(Cc1cc(OC)c(OC)cc1OC)C(O)[C@@H](O)[C@@H](O)[C@H](O)[C@@H](O)CO. The Bertz CT molecular complexity index is 1110. The third kappa shape index (κ3) is 8.52. The summed E-state index contributed by atoms with van der Waals surface area (Å²) in [5, 5.41) is 61.9. The topological polar surface area (TPSA) is 177 Å². The number of methoxy groups -OCH3 is 6. The molecular formula is C30H46O12. The van der Waals surface area contributed by atoms with Gasteiger partial charge in [0.25, 0.3) is 0 Å². The number of benzene rings is 2. The quantitative estimate of drug-likeness (QED) is 0.144. The highest BCUT2D eigenvalue weighted by Crippen LogP contribution is 2.39. The molecule has 2 aromatic rings. The summed E-state index contributed by atoms with van der Waals surface area (Å²) in [5.41, 5.74) is 1.48. The number of hydrogen-bond acceptors (Lipinski definition) is 12. The van der Waals surface area contributed by atoms with Gasteiger partial charge in [-0.2, -0.15) is 0 Å². The Kier molecular flexibility index (Phi) is 13.9. The van der Waals surface area contributed by atoms with E-state index in [1.165, 1.54) is 35.5 Å². The second kappa shape index (κ2) is 16.6. The van der Waals surface area contributed by atoms with Crippen molar-refractivity contribution in [3.05, 3.63) is 35.4 Å². The first-order chi connectivity index (χ1) is 20.0. The Hall–Kier alpha value is -3.00. The third-order valence-electron chi connectivity index (χ3n) is 7.44. The van der Waals surface area contributed by atoms with Crippen molar-refractivity contribution in [1.29, 1.82) is 0 Å². The van der Waals surface area contributed by atoms with Crippen LogP contribution in [0.2, 0.25) is 0 Å². The smallest absolute Gasteiger partial charge is 0.164 e. The molecule has 0 radical (unpaired) electrons. The van der Waals surface area contributed by atoms with E-state index in [-0.39, 0.29) is 12.3 Å². The van der Waals surface area contributed by atoms with Crippen LogP contribution in [0.5, 0.6) is 34.5 Å². The molecule has 0 aromatic heterocycles. The van der Waals surface area contributed by atoms with Gasteiger partial charge in [-0.05, 0) is 54.4 Å². The normalized spacial score (nSPS) is 16.4. The number of ether oxygens (including phenoxy) is 6. The number of hydrogen-bond donors (Lipinski definition) is 6. The van der Waals surface area contributed by atoms with E-state index in [0.29, 0.717) is 52.9 Å². The standard InChI is InChI=1S/C30H46O12/c1-16(8-17-11-23(39-4)25(41-6)13-21(17)37-2)9-19(27(33)29(35)30(36)28(34)20(32)15-31)10-18-12-24(40-5)26(42-7)14-22(18)38-3/h11-14,16,19-20,27-36H,8-10,15H2,1-7H3/t16?,19?,20-,27?,28+,29+,30-/m0/s1. The van der Waals surface area contributed by atoms with E-state index in [4.69, 9.17) is 28.4 Å². The Balaban J connectivity index is 2.46. The predicted molar refractivity (Wildman–Crippen MR) is 154 cm³/mol. The van der Waals surface area contributed by atoms with Gasteiger partial charge in [0.15, 0.2) is 23.0 Å². The molecule has 0 heterocycles. The molecule has 3 unspecified atom stereocenters. The van der Waals surface area contributed by atoms with Crippen LogP contribution in [-0.2, 0) is 12.8 Å². The first kappa shape index (κ1) is 35.2. The van der Waals surface area contributed by atoms with Crippen molar-refractivity contribution in [2.75, 3.05) is 49.3 Å². The third-order valence-corrected chi connectivity index (χ3v) is 7.44. The largest absolute Gasteiger partial charge is 0.496 e. The second-order valence-electron chi connectivity index (χ2n) is 10.3. The lowest BCUT2D eigenvalue weighted by molar-refractivity contribution is -0.149. The molecular weight excluding hydrogens is 552 g/mol. The zero-order valence-corrected chi connectivity index (χ0v) is 25.3. The van der Waals surface area contributed by atoms with E-state index in [9.17, 15) is 30.6 Å². The van der Waals surface area contributed by atoms with Gasteiger partial charge in [0, 0.05) is 12.1 Å². The van der Waals surface area contributed by atoms with Crippen molar-refractivity contribution in [2.24, 2.45) is 11.8 Å². The van der Waals surface area contributed by atoms with E-state index in [0.717, 1.165) is 5.56 Å². The van der Waals surface area contributed by atoms with Gasteiger partial charge in [-0.15, -0.1) is 0 Å². The molecule has 42 heavy (non-hydrogen) atoms. The van der Waals surface area contributed by atoms with Crippen molar-refractivity contribution in [2.45, 2.75) is 56.7 Å². The van der Waals surface area contributed by atoms with Gasteiger partial charge >= 0.3 is 0 Å².